The third-order valence-electron chi connectivity index (χ3n) is 2.13. The highest BCUT2D eigenvalue weighted by molar-refractivity contribution is 7.89. The molecule has 0 aliphatic heterocycles. The number of sulfonamides is 1. The van der Waals surface area contributed by atoms with Gasteiger partial charge in [-0.3, -0.25) is 4.79 Å². The molecule has 0 aliphatic carbocycles. The van der Waals surface area contributed by atoms with Gasteiger partial charge in [-0.15, -0.1) is 0 Å². The Hall–Kier alpha value is -1.13. The summed E-state index contributed by atoms with van der Waals surface area (Å²) in [5, 5.41) is 8.76. The Balaban J connectivity index is 4.22. The molecule has 0 bridgehead atoms. The van der Waals surface area contributed by atoms with Crippen LogP contribution in [0.15, 0.2) is 0 Å². The average molecular weight is 262 g/mol. The zero-order valence-corrected chi connectivity index (χ0v) is 11.1. The van der Waals surface area contributed by atoms with Gasteiger partial charge in [0, 0.05) is 6.42 Å². The molecule has 0 aliphatic rings. The minimum absolute atomic E-state index is 0.0519. The highest BCUT2D eigenvalue weighted by Gasteiger charge is 2.20. The van der Waals surface area contributed by atoms with Crippen LogP contribution in [0.5, 0.6) is 0 Å². The molecular formula is C10H18N2O4S. The highest BCUT2D eigenvalue weighted by Crippen LogP contribution is 2.04. The molecule has 0 saturated heterocycles. The largest absolute Gasteiger partial charge is 0.469 e. The van der Waals surface area contributed by atoms with E-state index in [0.29, 0.717) is 0 Å². The van der Waals surface area contributed by atoms with Crippen molar-refractivity contribution in [2.75, 3.05) is 12.9 Å². The van der Waals surface area contributed by atoms with Gasteiger partial charge in [-0.25, -0.2) is 8.42 Å². The van der Waals surface area contributed by atoms with Crippen molar-refractivity contribution in [2.24, 2.45) is 5.92 Å². The summed E-state index contributed by atoms with van der Waals surface area (Å²) < 4.78 is 29.8. The molecule has 0 saturated carbocycles. The van der Waals surface area contributed by atoms with Crippen molar-refractivity contribution < 1.29 is 17.9 Å². The number of carbonyl (C=O) groups excluding carboxylic acids is 1. The number of hydrogen-bond acceptors (Lipinski definition) is 5. The van der Waals surface area contributed by atoms with E-state index in [9.17, 15) is 13.2 Å². The summed E-state index contributed by atoms with van der Waals surface area (Å²) in [6, 6.07) is 1.15. The number of ether oxygens (including phenoxy) is 1. The minimum Gasteiger partial charge on any atom is -0.469 e. The molecule has 7 heteroatoms. The monoisotopic (exact) mass is 262 g/mol. The Labute approximate surface area is 102 Å². The zero-order valence-electron chi connectivity index (χ0n) is 10.3. The van der Waals surface area contributed by atoms with E-state index >= 15 is 0 Å². The number of esters is 1. The standard InChI is InChI=1S/C10H18N2O4S/c1-8(2)9(7-11)12-17(14,15)6-4-5-10(13)16-3/h8-9,12H,4-6H2,1-3H3. The zero-order chi connectivity index (χ0) is 13.5. The lowest BCUT2D eigenvalue weighted by molar-refractivity contribution is -0.140. The molecule has 0 rings (SSSR count). The van der Waals surface area contributed by atoms with Crippen LogP contribution < -0.4 is 4.72 Å². The van der Waals surface area contributed by atoms with Gasteiger partial charge in [-0.2, -0.15) is 9.98 Å². The predicted molar refractivity (Wildman–Crippen MR) is 62.4 cm³/mol. The van der Waals surface area contributed by atoms with E-state index in [1.54, 1.807) is 13.8 Å². The first-order valence-electron chi connectivity index (χ1n) is 5.29. The van der Waals surface area contributed by atoms with Crippen LogP contribution in [0.25, 0.3) is 0 Å². The van der Waals surface area contributed by atoms with Crippen LogP contribution in [0.1, 0.15) is 26.7 Å². The Morgan fingerprint density at radius 3 is 2.47 bits per heavy atom. The summed E-state index contributed by atoms with van der Waals surface area (Å²) in [5.41, 5.74) is 0. The van der Waals surface area contributed by atoms with Crippen LogP contribution in [-0.4, -0.2) is 33.3 Å². The van der Waals surface area contributed by atoms with E-state index in [1.807, 2.05) is 6.07 Å². The van der Waals surface area contributed by atoms with E-state index in [4.69, 9.17) is 5.26 Å². The van der Waals surface area contributed by atoms with E-state index in [-0.39, 0.29) is 24.5 Å². The third-order valence-corrected chi connectivity index (χ3v) is 3.57. The Kier molecular flexibility index (Phi) is 6.76. The van der Waals surface area contributed by atoms with Gasteiger partial charge >= 0.3 is 5.97 Å². The summed E-state index contributed by atoms with van der Waals surface area (Å²) in [4.78, 5) is 10.8. The fourth-order valence-corrected chi connectivity index (χ4v) is 2.43. The van der Waals surface area contributed by atoms with Gasteiger partial charge in [-0.05, 0) is 12.3 Å². The quantitative estimate of drug-likeness (QED) is 0.670. The number of carbonyl (C=O) groups is 1. The van der Waals surface area contributed by atoms with Gasteiger partial charge in [0.25, 0.3) is 0 Å². The van der Waals surface area contributed by atoms with Gasteiger partial charge in [0.15, 0.2) is 0 Å². The maximum atomic E-state index is 11.6. The normalized spacial score (nSPS) is 13.1. The molecule has 0 fully saturated rings. The number of rotatable bonds is 7. The first kappa shape index (κ1) is 15.9. The maximum absolute atomic E-state index is 11.6. The SMILES string of the molecule is COC(=O)CCCS(=O)(=O)NC(C#N)C(C)C. The van der Waals surface area contributed by atoms with Crippen LogP contribution in [-0.2, 0) is 19.6 Å². The summed E-state index contributed by atoms with van der Waals surface area (Å²) in [6.07, 6.45) is 0.231. The van der Waals surface area contributed by atoms with Crippen molar-refractivity contribution in [3.8, 4) is 6.07 Å². The van der Waals surface area contributed by atoms with E-state index in [0.717, 1.165) is 0 Å². The van der Waals surface area contributed by atoms with Crippen molar-refractivity contribution in [2.45, 2.75) is 32.7 Å². The molecule has 0 aromatic heterocycles. The van der Waals surface area contributed by atoms with E-state index in [2.05, 4.69) is 9.46 Å². The van der Waals surface area contributed by atoms with Crippen LogP contribution in [0.4, 0.5) is 0 Å². The second kappa shape index (κ2) is 7.25. The molecule has 0 amide bonds. The number of hydrogen-bond donors (Lipinski definition) is 1. The lowest BCUT2D eigenvalue weighted by Gasteiger charge is -2.14. The lowest BCUT2D eigenvalue weighted by Crippen LogP contribution is -2.38. The van der Waals surface area contributed by atoms with Crippen molar-refractivity contribution in [1.29, 1.82) is 5.26 Å². The van der Waals surface area contributed by atoms with Crippen molar-refractivity contribution in [3.63, 3.8) is 0 Å². The van der Waals surface area contributed by atoms with Crippen molar-refractivity contribution in [1.82, 2.24) is 4.72 Å². The highest BCUT2D eigenvalue weighted by atomic mass is 32.2. The number of nitrogens with one attached hydrogen (secondary N) is 1. The van der Waals surface area contributed by atoms with Crippen molar-refractivity contribution in [3.05, 3.63) is 0 Å². The first-order chi connectivity index (χ1) is 7.82. The molecule has 98 valence electrons. The Bertz CT molecular complexity index is 384. The summed E-state index contributed by atoms with van der Waals surface area (Å²) >= 11 is 0. The fraction of sp³-hybridized carbons (Fsp3) is 0.800. The van der Waals surface area contributed by atoms with Gasteiger partial charge in [0.05, 0.1) is 18.9 Å². The second-order valence-electron chi connectivity index (χ2n) is 3.97. The van der Waals surface area contributed by atoms with Crippen molar-refractivity contribution >= 4 is 16.0 Å². The molecule has 1 unspecified atom stereocenters. The van der Waals surface area contributed by atoms with Gasteiger partial charge in [-0.1, -0.05) is 13.8 Å². The van der Waals surface area contributed by atoms with Gasteiger partial charge < -0.3 is 4.74 Å². The van der Waals surface area contributed by atoms with Gasteiger partial charge in [0.2, 0.25) is 10.0 Å². The van der Waals surface area contributed by atoms with Gasteiger partial charge in [0.1, 0.15) is 6.04 Å². The Morgan fingerprint density at radius 2 is 2.06 bits per heavy atom. The van der Waals surface area contributed by atoms with Crippen LogP contribution >= 0.6 is 0 Å². The lowest BCUT2D eigenvalue weighted by atomic mass is 10.1. The Morgan fingerprint density at radius 1 is 1.47 bits per heavy atom. The number of methoxy groups -OCH3 is 1. The molecule has 0 spiro atoms. The molecule has 0 aromatic rings. The molecule has 17 heavy (non-hydrogen) atoms. The third kappa shape index (κ3) is 6.92. The molecule has 0 radical (unpaired) electrons. The smallest absolute Gasteiger partial charge is 0.305 e. The topological polar surface area (TPSA) is 96.3 Å². The molecule has 0 heterocycles. The minimum atomic E-state index is -3.52. The van der Waals surface area contributed by atoms with Crippen LogP contribution in [0.3, 0.4) is 0 Å². The van der Waals surface area contributed by atoms with Crippen LogP contribution in [0.2, 0.25) is 0 Å². The predicted octanol–water partition coefficient (Wildman–Crippen LogP) is 0.407. The van der Waals surface area contributed by atoms with E-state index in [1.165, 1.54) is 7.11 Å². The molecule has 1 N–H and O–H groups in total. The summed E-state index contributed by atoms with van der Waals surface area (Å²) in [6.45, 7) is 3.51. The van der Waals surface area contributed by atoms with Crippen LogP contribution in [0, 0.1) is 17.2 Å². The molecular weight excluding hydrogens is 244 g/mol. The summed E-state index contributed by atoms with van der Waals surface area (Å²) in [7, 11) is -2.27. The molecule has 6 nitrogen and oxygen atoms in total. The molecule has 1 atom stereocenters. The summed E-state index contributed by atoms with van der Waals surface area (Å²) in [5.74, 6) is -0.733. The number of nitriles is 1. The molecule has 0 aromatic carbocycles. The first-order valence-corrected chi connectivity index (χ1v) is 6.94. The fourth-order valence-electron chi connectivity index (χ4n) is 1.07. The maximum Gasteiger partial charge on any atom is 0.305 e. The second-order valence-corrected chi connectivity index (χ2v) is 5.84. The number of nitrogens with zero attached hydrogens (tertiary/aromatic N) is 1. The van der Waals surface area contributed by atoms with E-state index < -0.39 is 22.0 Å². The average Bonchev–Trinajstić information content (AvgIpc) is 2.25.